The Kier molecular flexibility index (Phi) is 2.54. The molecule has 74 valence electrons. The predicted molar refractivity (Wildman–Crippen MR) is 47.8 cm³/mol. The van der Waals surface area contributed by atoms with Gasteiger partial charge in [0.15, 0.2) is 0 Å². The Bertz CT molecular complexity index is 220. The molecule has 2 fully saturated rings. The molecule has 0 amide bonds. The van der Waals surface area contributed by atoms with Crippen molar-refractivity contribution in [3.8, 4) is 0 Å². The summed E-state index contributed by atoms with van der Waals surface area (Å²) in [5, 5.41) is 9.63. The Morgan fingerprint density at radius 2 is 2.46 bits per heavy atom. The standard InChI is InChI=1S/C8H13O4P/c9-6-2-7-4(1-8(10)12-7)5(6)3-11-13/h4-7,9H,1-3,13H2/t4-,5-,6-,7?/m1/s1. The summed E-state index contributed by atoms with van der Waals surface area (Å²) >= 11 is 0. The second kappa shape index (κ2) is 3.52. The van der Waals surface area contributed by atoms with Crippen LogP contribution >= 0.6 is 9.47 Å². The highest BCUT2D eigenvalue weighted by Crippen LogP contribution is 2.41. The van der Waals surface area contributed by atoms with Crippen LogP contribution in [0.2, 0.25) is 0 Å². The van der Waals surface area contributed by atoms with Crippen LogP contribution in [-0.2, 0) is 14.1 Å². The maximum Gasteiger partial charge on any atom is 0.306 e. The smallest absolute Gasteiger partial charge is 0.306 e. The maximum absolute atomic E-state index is 11.0. The van der Waals surface area contributed by atoms with E-state index in [0.29, 0.717) is 19.4 Å². The van der Waals surface area contributed by atoms with Crippen molar-refractivity contribution in [3.63, 3.8) is 0 Å². The molecule has 13 heavy (non-hydrogen) atoms. The maximum atomic E-state index is 11.0. The molecule has 2 unspecified atom stereocenters. The summed E-state index contributed by atoms with van der Waals surface area (Å²) in [5.74, 6) is 0.0626. The molecule has 0 aromatic carbocycles. The second-order valence-electron chi connectivity index (χ2n) is 3.70. The first-order valence-electron chi connectivity index (χ1n) is 4.41. The van der Waals surface area contributed by atoms with Crippen LogP contribution in [0.15, 0.2) is 0 Å². The minimum absolute atomic E-state index is 0.0500. The lowest BCUT2D eigenvalue weighted by molar-refractivity contribution is -0.141. The number of fused-ring (bicyclic) bond motifs is 1. The molecule has 0 aromatic heterocycles. The van der Waals surface area contributed by atoms with Crippen LogP contribution in [0, 0.1) is 11.8 Å². The van der Waals surface area contributed by atoms with Gasteiger partial charge in [0, 0.05) is 27.7 Å². The van der Waals surface area contributed by atoms with Crippen molar-refractivity contribution in [2.45, 2.75) is 25.0 Å². The average Bonchev–Trinajstić information content (AvgIpc) is 2.52. The zero-order chi connectivity index (χ0) is 9.42. The Morgan fingerprint density at radius 1 is 1.69 bits per heavy atom. The zero-order valence-electron chi connectivity index (χ0n) is 7.18. The van der Waals surface area contributed by atoms with Crippen LogP contribution in [0.1, 0.15) is 12.8 Å². The Morgan fingerprint density at radius 3 is 3.15 bits per heavy atom. The number of esters is 1. The van der Waals surface area contributed by atoms with Crippen LogP contribution in [0.5, 0.6) is 0 Å². The van der Waals surface area contributed by atoms with Crippen molar-refractivity contribution < 1.29 is 19.2 Å². The number of aliphatic hydroxyl groups is 1. The van der Waals surface area contributed by atoms with Crippen LogP contribution in [-0.4, -0.2) is 29.9 Å². The molecule has 0 radical (unpaired) electrons. The number of carbonyl (C=O) groups excluding carboxylic acids is 1. The third kappa shape index (κ3) is 1.58. The third-order valence-electron chi connectivity index (χ3n) is 2.97. The Labute approximate surface area is 78.9 Å². The molecule has 0 aromatic rings. The fourth-order valence-corrected chi connectivity index (χ4v) is 2.54. The van der Waals surface area contributed by atoms with Crippen LogP contribution < -0.4 is 0 Å². The number of hydrogen-bond donors (Lipinski definition) is 1. The summed E-state index contributed by atoms with van der Waals surface area (Å²) in [7, 11) is 2.17. The van der Waals surface area contributed by atoms with E-state index < -0.39 is 0 Å². The lowest BCUT2D eigenvalue weighted by Gasteiger charge is -2.17. The van der Waals surface area contributed by atoms with E-state index >= 15 is 0 Å². The van der Waals surface area contributed by atoms with Gasteiger partial charge in [-0.05, 0) is 0 Å². The highest BCUT2D eigenvalue weighted by atomic mass is 31.0. The minimum Gasteiger partial charge on any atom is -0.462 e. The van der Waals surface area contributed by atoms with Gasteiger partial charge in [0.1, 0.15) is 6.10 Å². The molecule has 0 spiro atoms. The fraction of sp³-hybridized carbons (Fsp3) is 0.875. The first-order valence-corrected chi connectivity index (χ1v) is 4.88. The van der Waals surface area contributed by atoms with Crippen molar-refractivity contribution in [2.24, 2.45) is 11.8 Å². The van der Waals surface area contributed by atoms with Crippen molar-refractivity contribution in [1.29, 1.82) is 0 Å². The van der Waals surface area contributed by atoms with Gasteiger partial charge >= 0.3 is 5.97 Å². The third-order valence-corrected chi connectivity index (χ3v) is 3.16. The summed E-state index contributed by atoms with van der Waals surface area (Å²) < 4.78 is 10.0. The summed E-state index contributed by atoms with van der Waals surface area (Å²) in [5.41, 5.74) is 0. The summed E-state index contributed by atoms with van der Waals surface area (Å²) in [4.78, 5) is 11.0. The zero-order valence-corrected chi connectivity index (χ0v) is 8.33. The highest BCUT2D eigenvalue weighted by molar-refractivity contribution is 7.09. The topological polar surface area (TPSA) is 55.8 Å². The van der Waals surface area contributed by atoms with E-state index in [9.17, 15) is 9.90 Å². The van der Waals surface area contributed by atoms with Gasteiger partial charge in [0.25, 0.3) is 0 Å². The summed E-state index contributed by atoms with van der Waals surface area (Å²) in [6.45, 7) is 0.476. The summed E-state index contributed by atoms with van der Waals surface area (Å²) in [6, 6.07) is 0. The first-order chi connectivity index (χ1) is 6.22. The van der Waals surface area contributed by atoms with Crippen molar-refractivity contribution in [1.82, 2.24) is 0 Å². The number of aliphatic hydroxyl groups excluding tert-OH is 1. The molecule has 1 heterocycles. The molecule has 5 atom stereocenters. The van der Waals surface area contributed by atoms with E-state index in [4.69, 9.17) is 9.26 Å². The SMILES string of the molecule is O=C1C[C@H]2C(C[C@@H](O)[C@@H]2COP)O1. The van der Waals surface area contributed by atoms with Gasteiger partial charge in [-0.1, -0.05) is 0 Å². The molecular weight excluding hydrogens is 191 g/mol. The Balaban J connectivity index is 2.05. The molecule has 1 saturated heterocycles. The van der Waals surface area contributed by atoms with E-state index in [1.807, 2.05) is 0 Å². The van der Waals surface area contributed by atoms with Gasteiger partial charge in [0.2, 0.25) is 0 Å². The molecule has 1 saturated carbocycles. The van der Waals surface area contributed by atoms with Crippen molar-refractivity contribution >= 4 is 15.4 Å². The fourth-order valence-electron chi connectivity index (χ4n) is 2.32. The monoisotopic (exact) mass is 204 g/mol. The van der Waals surface area contributed by atoms with E-state index in [1.54, 1.807) is 0 Å². The number of carbonyl (C=O) groups is 1. The number of rotatable bonds is 2. The van der Waals surface area contributed by atoms with Gasteiger partial charge in [-0.2, -0.15) is 0 Å². The van der Waals surface area contributed by atoms with Crippen molar-refractivity contribution in [3.05, 3.63) is 0 Å². The largest absolute Gasteiger partial charge is 0.462 e. The van der Waals surface area contributed by atoms with Crippen LogP contribution in [0.25, 0.3) is 0 Å². The predicted octanol–water partition coefficient (Wildman–Crippen LogP) is 0.106. The van der Waals surface area contributed by atoms with E-state index in [2.05, 4.69) is 9.47 Å². The van der Waals surface area contributed by atoms with Gasteiger partial charge in [-0.3, -0.25) is 4.79 Å². The Hall–Kier alpha value is -0.180. The molecular formula is C8H13O4P. The summed E-state index contributed by atoms with van der Waals surface area (Å²) in [6.07, 6.45) is 0.534. The van der Waals surface area contributed by atoms with E-state index in [0.717, 1.165) is 0 Å². The lowest BCUT2D eigenvalue weighted by atomic mass is 9.93. The van der Waals surface area contributed by atoms with Crippen LogP contribution in [0.3, 0.4) is 0 Å². The molecule has 0 bridgehead atoms. The normalized spacial score (nSPS) is 43.4. The number of ether oxygens (including phenoxy) is 1. The molecule has 4 nitrogen and oxygen atoms in total. The van der Waals surface area contributed by atoms with E-state index in [-0.39, 0.29) is 30.0 Å². The molecule has 1 N–H and O–H groups in total. The van der Waals surface area contributed by atoms with Gasteiger partial charge in [0.05, 0.1) is 19.1 Å². The van der Waals surface area contributed by atoms with Gasteiger partial charge in [-0.15, -0.1) is 0 Å². The molecule has 5 heteroatoms. The molecule has 1 aliphatic carbocycles. The molecule has 2 rings (SSSR count). The van der Waals surface area contributed by atoms with E-state index in [1.165, 1.54) is 0 Å². The average molecular weight is 204 g/mol. The van der Waals surface area contributed by atoms with Gasteiger partial charge in [-0.25, -0.2) is 0 Å². The minimum atomic E-state index is -0.386. The highest BCUT2D eigenvalue weighted by Gasteiger charge is 2.49. The molecule has 2 aliphatic rings. The van der Waals surface area contributed by atoms with Gasteiger partial charge < -0.3 is 14.4 Å². The molecule has 1 aliphatic heterocycles. The van der Waals surface area contributed by atoms with Crippen LogP contribution in [0.4, 0.5) is 0 Å². The lowest BCUT2D eigenvalue weighted by Crippen LogP contribution is -2.23. The van der Waals surface area contributed by atoms with Crippen molar-refractivity contribution in [2.75, 3.05) is 6.61 Å². The first kappa shape index (κ1) is 9.38. The number of hydrogen-bond acceptors (Lipinski definition) is 4. The quantitative estimate of drug-likeness (QED) is 0.512. The second-order valence-corrected chi connectivity index (χ2v) is 4.03.